The van der Waals surface area contributed by atoms with Gasteiger partial charge >= 0.3 is 12.1 Å². The van der Waals surface area contributed by atoms with E-state index in [1.165, 1.54) is 5.56 Å². The van der Waals surface area contributed by atoms with Crippen LogP contribution in [0, 0.1) is 0 Å². The first-order valence-corrected chi connectivity index (χ1v) is 9.85. The summed E-state index contributed by atoms with van der Waals surface area (Å²) in [7, 11) is 1.89. The number of alkyl halides is 5. The third-order valence-corrected chi connectivity index (χ3v) is 5.51. The van der Waals surface area contributed by atoms with Crippen LogP contribution in [-0.2, 0) is 11.8 Å². The quantitative estimate of drug-likeness (QED) is 0.695. The third kappa shape index (κ3) is 5.78. The average molecular weight is 446 g/mol. The van der Waals surface area contributed by atoms with Gasteiger partial charge < -0.3 is 10.4 Å². The van der Waals surface area contributed by atoms with E-state index in [-0.39, 0.29) is 18.8 Å². The summed E-state index contributed by atoms with van der Waals surface area (Å²) in [4.78, 5) is 13.5. The maximum absolute atomic E-state index is 13.6. The number of carbonyl (C=O) groups is 1. The van der Waals surface area contributed by atoms with Crippen molar-refractivity contribution >= 4 is 5.97 Å². The summed E-state index contributed by atoms with van der Waals surface area (Å²) >= 11 is 0. The van der Waals surface area contributed by atoms with Gasteiger partial charge in [0.15, 0.2) is 0 Å². The number of rotatable bonds is 3. The molecule has 1 aliphatic heterocycles. The Balaban J connectivity index is 0.000000339. The number of aromatic nitrogens is 3. The van der Waals surface area contributed by atoms with E-state index < -0.39 is 18.1 Å². The van der Waals surface area contributed by atoms with Gasteiger partial charge in [-0.2, -0.15) is 18.3 Å². The summed E-state index contributed by atoms with van der Waals surface area (Å²) in [5.74, 6) is -5.05. The Bertz CT molecular complexity index is 923. The number of hydrogen-bond donors (Lipinski definition) is 2. The molecule has 2 unspecified atom stereocenters. The standard InChI is InChI=1S/C18H22F2N4.C2HF3O2/c1-24-7-4-16(23-24)14-8-17(12-2-5-18(19,20)9-12)22-11-15(14)13-3-6-21-10-13;3-2(4,5)1(6)7/h4,7-8,11-13,21H,2-3,5-6,9-10H2,1H3;(H,6,7). The van der Waals surface area contributed by atoms with Crippen molar-refractivity contribution < 1.29 is 31.9 Å². The minimum Gasteiger partial charge on any atom is -0.475 e. The maximum atomic E-state index is 13.6. The van der Waals surface area contributed by atoms with Crippen molar-refractivity contribution in [3.8, 4) is 11.3 Å². The molecule has 1 saturated carbocycles. The van der Waals surface area contributed by atoms with Gasteiger partial charge in [0.05, 0.1) is 5.69 Å². The van der Waals surface area contributed by atoms with Gasteiger partial charge in [-0.25, -0.2) is 13.6 Å². The number of carboxylic acid groups (broad SMARTS) is 1. The van der Waals surface area contributed by atoms with Crippen LogP contribution in [0.25, 0.3) is 11.3 Å². The summed E-state index contributed by atoms with van der Waals surface area (Å²) in [5.41, 5.74) is 3.90. The fourth-order valence-corrected chi connectivity index (χ4v) is 3.93. The molecule has 3 heterocycles. The second-order valence-corrected chi connectivity index (χ2v) is 7.86. The largest absolute Gasteiger partial charge is 0.490 e. The number of nitrogens with one attached hydrogen (secondary N) is 1. The molecule has 6 nitrogen and oxygen atoms in total. The van der Waals surface area contributed by atoms with E-state index in [1.54, 1.807) is 4.68 Å². The highest BCUT2D eigenvalue weighted by atomic mass is 19.4. The molecule has 2 N–H and O–H groups in total. The molecular formula is C20H23F5N4O2. The summed E-state index contributed by atoms with van der Waals surface area (Å²) in [6.45, 7) is 1.94. The molecule has 0 amide bonds. The summed E-state index contributed by atoms with van der Waals surface area (Å²) in [6, 6.07) is 3.98. The lowest BCUT2D eigenvalue weighted by Crippen LogP contribution is -2.21. The molecule has 2 aliphatic rings. The zero-order valence-corrected chi connectivity index (χ0v) is 16.8. The van der Waals surface area contributed by atoms with E-state index in [2.05, 4.69) is 15.4 Å². The van der Waals surface area contributed by atoms with Crippen molar-refractivity contribution in [3.63, 3.8) is 0 Å². The molecule has 31 heavy (non-hydrogen) atoms. The van der Waals surface area contributed by atoms with Gasteiger partial charge in [0.1, 0.15) is 0 Å². The Labute approximate surface area is 175 Å². The molecule has 170 valence electrons. The number of halogens is 5. The summed E-state index contributed by atoms with van der Waals surface area (Å²) < 4.78 is 60.7. The number of nitrogens with zero attached hydrogens (tertiary/aromatic N) is 3. The smallest absolute Gasteiger partial charge is 0.475 e. The van der Waals surface area contributed by atoms with Gasteiger partial charge in [0.2, 0.25) is 5.92 Å². The van der Waals surface area contributed by atoms with E-state index in [1.807, 2.05) is 31.6 Å². The van der Waals surface area contributed by atoms with Crippen LogP contribution in [0.3, 0.4) is 0 Å². The Kier molecular flexibility index (Phi) is 6.63. The van der Waals surface area contributed by atoms with Gasteiger partial charge in [-0.3, -0.25) is 9.67 Å². The molecule has 1 aliphatic carbocycles. The molecule has 1 saturated heterocycles. The number of carboxylic acids is 1. The van der Waals surface area contributed by atoms with Crippen molar-refractivity contribution in [2.24, 2.45) is 7.05 Å². The lowest BCUT2D eigenvalue weighted by Gasteiger charge is -2.17. The molecule has 0 bridgehead atoms. The first-order valence-electron chi connectivity index (χ1n) is 9.85. The zero-order valence-electron chi connectivity index (χ0n) is 16.8. The molecule has 2 aromatic heterocycles. The maximum Gasteiger partial charge on any atom is 0.490 e. The van der Waals surface area contributed by atoms with Crippen LogP contribution in [0.4, 0.5) is 22.0 Å². The van der Waals surface area contributed by atoms with Crippen LogP contribution < -0.4 is 5.32 Å². The molecule has 2 fully saturated rings. The van der Waals surface area contributed by atoms with E-state index in [0.717, 1.165) is 36.5 Å². The van der Waals surface area contributed by atoms with Crippen molar-refractivity contribution in [1.82, 2.24) is 20.1 Å². The highest BCUT2D eigenvalue weighted by Crippen LogP contribution is 2.44. The van der Waals surface area contributed by atoms with E-state index in [9.17, 15) is 22.0 Å². The van der Waals surface area contributed by atoms with Crippen LogP contribution in [0.15, 0.2) is 24.5 Å². The monoisotopic (exact) mass is 446 g/mol. The molecular weight excluding hydrogens is 423 g/mol. The number of aliphatic carboxylic acids is 1. The Morgan fingerprint density at radius 2 is 2.00 bits per heavy atom. The molecule has 11 heteroatoms. The van der Waals surface area contributed by atoms with Crippen molar-refractivity contribution in [3.05, 3.63) is 35.8 Å². The van der Waals surface area contributed by atoms with E-state index >= 15 is 0 Å². The van der Waals surface area contributed by atoms with Crippen molar-refractivity contribution in [2.45, 2.75) is 49.6 Å². The second kappa shape index (κ2) is 8.89. The minimum atomic E-state index is -5.08. The molecule has 0 spiro atoms. The highest BCUT2D eigenvalue weighted by molar-refractivity contribution is 5.73. The van der Waals surface area contributed by atoms with Crippen molar-refractivity contribution in [1.29, 1.82) is 0 Å². The van der Waals surface area contributed by atoms with Crippen LogP contribution in [0.1, 0.15) is 48.8 Å². The fourth-order valence-electron chi connectivity index (χ4n) is 3.93. The van der Waals surface area contributed by atoms with Gasteiger partial charge in [0.25, 0.3) is 0 Å². The summed E-state index contributed by atoms with van der Waals surface area (Å²) in [5, 5.41) is 15.0. The number of aryl methyl sites for hydroxylation is 1. The Hall–Kier alpha value is -2.56. The lowest BCUT2D eigenvalue weighted by molar-refractivity contribution is -0.192. The van der Waals surface area contributed by atoms with Gasteiger partial charge in [0, 0.05) is 56.0 Å². The van der Waals surface area contributed by atoms with Crippen LogP contribution in [0.2, 0.25) is 0 Å². The lowest BCUT2D eigenvalue weighted by atomic mass is 9.91. The molecule has 2 atom stereocenters. The minimum absolute atomic E-state index is 0.0352. The number of hydrogen-bond acceptors (Lipinski definition) is 4. The SMILES string of the molecule is Cn1ccc(-c2cc(C3CCC(F)(F)C3)ncc2C2CCNC2)n1.O=C(O)C(F)(F)F. The molecule has 0 radical (unpaired) electrons. The van der Waals surface area contributed by atoms with Crippen LogP contribution in [-0.4, -0.2) is 51.0 Å². The normalized spacial score (nSPS) is 22.8. The van der Waals surface area contributed by atoms with Gasteiger partial charge in [-0.1, -0.05) is 0 Å². The average Bonchev–Trinajstić information content (AvgIpc) is 3.42. The third-order valence-electron chi connectivity index (χ3n) is 5.51. The Morgan fingerprint density at radius 3 is 2.48 bits per heavy atom. The highest BCUT2D eigenvalue weighted by Gasteiger charge is 2.41. The molecule has 4 rings (SSSR count). The predicted molar refractivity (Wildman–Crippen MR) is 102 cm³/mol. The number of pyridine rings is 1. The topological polar surface area (TPSA) is 80.0 Å². The van der Waals surface area contributed by atoms with Crippen LogP contribution >= 0.6 is 0 Å². The summed E-state index contributed by atoms with van der Waals surface area (Å²) in [6.07, 6.45) is 0.177. The molecule has 2 aromatic rings. The first-order chi connectivity index (χ1) is 14.5. The van der Waals surface area contributed by atoms with E-state index in [0.29, 0.717) is 12.3 Å². The molecule has 0 aromatic carbocycles. The fraction of sp³-hybridized carbons (Fsp3) is 0.550. The predicted octanol–water partition coefficient (Wildman–Crippen LogP) is 4.10. The van der Waals surface area contributed by atoms with Gasteiger partial charge in [-0.15, -0.1) is 0 Å². The van der Waals surface area contributed by atoms with Gasteiger partial charge in [-0.05, 0) is 43.0 Å². The second-order valence-electron chi connectivity index (χ2n) is 7.86. The zero-order chi connectivity index (χ0) is 22.8. The van der Waals surface area contributed by atoms with Crippen LogP contribution in [0.5, 0.6) is 0 Å². The van der Waals surface area contributed by atoms with E-state index in [4.69, 9.17) is 9.90 Å². The Morgan fingerprint density at radius 1 is 1.29 bits per heavy atom. The van der Waals surface area contributed by atoms with Crippen molar-refractivity contribution in [2.75, 3.05) is 13.1 Å². The first kappa shape index (κ1) is 23.1.